The summed E-state index contributed by atoms with van der Waals surface area (Å²) in [6.45, 7) is 12.5. The van der Waals surface area contributed by atoms with Crippen molar-refractivity contribution < 1.29 is 14.3 Å². The van der Waals surface area contributed by atoms with Crippen molar-refractivity contribution in [2.45, 2.75) is 40.3 Å². The highest BCUT2D eigenvalue weighted by Crippen LogP contribution is 2.18. The van der Waals surface area contributed by atoms with Crippen LogP contribution in [-0.4, -0.2) is 56.5 Å². The van der Waals surface area contributed by atoms with Crippen molar-refractivity contribution in [3.63, 3.8) is 0 Å². The highest BCUT2D eigenvalue weighted by Gasteiger charge is 2.30. The molecule has 0 aromatic rings. The molecule has 19 heavy (non-hydrogen) atoms. The van der Waals surface area contributed by atoms with E-state index in [4.69, 9.17) is 9.47 Å². The van der Waals surface area contributed by atoms with Crippen molar-refractivity contribution in [1.29, 1.82) is 0 Å². The van der Waals surface area contributed by atoms with Gasteiger partial charge in [-0.1, -0.05) is 6.92 Å². The number of esters is 1. The van der Waals surface area contributed by atoms with E-state index < -0.39 is 5.41 Å². The van der Waals surface area contributed by atoms with E-state index in [0.717, 1.165) is 32.7 Å². The number of nitrogens with one attached hydrogen (secondary N) is 1. The molecule has 1 aliphatic rings. The molecule has 0 bridgehead atoms. The molecular formula is C14H28N2O3. The Balaban J connectivity index is 2.41. The van der Waals surface area contributed by atoms with Crippen LogP contribution in [-0.2, 0) is 14.3 Å². The quantitative estimate of drug-likeness (QED) is 0.582. The summed E-state index contributed by atoms with van der Waals surface area (Å²) in [5.41, 5.74) is -0.457. The third-order valence-corrected chi connectivity index (χ3v) is 3.03. The van der Waals surface area contributed by atoms with Gasteiger partial charge in [0.25, 0.3) is 0 Å². The first-order chi connectivity index (χ1) is 8.95. The van der Waals surface area contributed by atoms with Gasteiger partial charge >= 0.3 is 5.97 Å². The lowest BCUT2D eigenvalue weighted by molar-refractivity contribution is -0.171. The van der Waals surface area contributed by atoms with Crippen molar-refractivity contribution in [3.8, 4) is 0 Å². The maximum atomic E-state index is 11.9. The highest BCUT2D eigenvalue weighted by molar-refractivity contribution is 5.75. The molecule has 1 unspecified atom stereocenters. The van der Waals surface area contributed by atoms with Gasteiger partial charge in [0.1, 0.15) is 0 Å². The predicted molar refractivity (Wildman–Crippen MR) is 74.9 cm³/mol. The molecule has 0 amide bonds. The van der Waals surface area contributed by atoms with Crippen LogP contribution in [0.3, 0.4) is 0 Å². The average Bonchev–Trinajstić information content (AvgIpc) is 2.35. The maximum absolute atomic E-state index is 11.9. The van der Waals surface area contributed by atoms with E-state index in [9.17, 15) is 4.79 Å². The first-order valence-electron chi connectivity index (χ1n) is 7.18. The maximum Gasteiger partial charge on any atom is 0.312 e. The molecule has 0 aromatic heterocycles. The highest BCUT2D eigenvalue weighted by atomic mass is 16.6. The molecule has 1 heterocycles. The molecule has 0 spiro atoms. The van der Waals surface area contributed by atoms with Crippen molar-refractivity contribution in [3.05, 3.63) is 0 Å². The lowest BCUT2D eigenvalue weighted by atomic mass is 9.97. The van der Waals surface area contributed by atoms with E-state index in [1.165, 1.54) is 0 Å². The van der Waals surface area contributed by atoms with Gasteiger partial charge in [-0.2, -0.15) is 0 Å². The fraction of sp³-hybridized carbons (Fsp3) is 0.929. The number of piperazine rings is 1. The van der Waals surface area contributed by atoms with Gasteiger partial charge in [0.15, 0.2) is 6.23 Å². The second kappa shape index (κ2) is 7.82. The third kappa shape index (κ3) is 5.89. The normalized spacial score (nSPS) is 21.4. The van der Waals surface area contributed by atoms with Crippen LogP contribution >= 0.6 is 0 Å². The van der Waals surface area contributed by atoms with Crippen LogP contribution in [0.4, 0.5) is 0 Å². The van der Waals surface area contributed by atoms with Crippen molar-refractivity contribution in [1.82, 2.24) is 10.2 Å². The van der Waals surface area contributed by atoms with Gasteiger partial charge in [-0.15, -0.1) is 0 Å². The fourth-order valence-corrected chi connectivity index (χ4v) is 1.82. The number of hydrogen-bond donors (Lipinski definition) is 1. The molecule has 0 aromatic carbocycles. The van der Waals surface area contributed by atoms with Crippen molar-refractivity contribution >= 4 is 5.97 Å². The lowest BCUT2D eigenvalue weighted by Gasteiger charge is -2.36. The van der Waals surface area contributed by atoms with Crippen molar-refractivity contribution in [2.24, 2.45) is 5.41 Å². The third-order valence-electron chi connectivity index (χ3n) is 3.03. The van der Waals surface area contributed by atoms with Crippen LogP contribution in [0.5, 0.6) is 0 Å². The first-order valence-corrected chi connectivity index (χ1v) is 7.18. The van der Waals surface area contributed by atoms with Crippen LogP contribution in [0.2, 0.25) is 0 Å². The molecule has 0 radical (unpaired) electrons. The average molecular weight is 272 g/mol. The summed E-state index contributed by atoms with van der Waals surface area (Å²) in [4.78, 5) is 14.1. The van der Waals surface area contributed by atoms with Gasteiger partial charge in [0.2, 0.25) is 0 Å². The summed E-state index contributed by atoms with van der Waals surface area (Å²) >= 11 is 0. The van der Waals surface area contributed by atoms with Crippen LogP contribution < -0.4 is 5.32 Å². The van der Waals surface area contributed by atoms with Gasteiger partial charge < -0.3 is 14.8 Å². The predicted octanol–water partition coefficient (Wildman–Crippen LogP) is 1.23. The Labute approximate surface area is 116 Å². The summed E-state index contributed by atoms with van der Waals surface area (Å²) in [5, 5.41) is 3.26. The Morgan fingerprint density at radius 2 is 2.11 bits per heavy atom. The molecule has 1 rings (SSSR count). The molecule has 0 saturated carbocycles. The number of ether oxygens (including phenoxy) is 2. The Bertz CT molecular complexity index is 276. The molecule has 1 saturated heterocycles. The Hall–Kier alpha value is -0.650. The van der Waals surface area contributed by atoms with Gasteiger partial charge in [-0.05, 0) is 27.2 Å². The van der Waals surface area contributed by atoms with Crippen LogP contribution in [0.15, 0.2) is 0 Å². The summed E-state index contributed by atoms with van der Waals surface area (Å²) < 4.78 is 11.1. The van der Waals surface area contributed by atoms with E-state index in [1.54, 1.807) is 0 Å². The fourth-order valence-electron chi connectivity index (χ4n) is 1.82. The zero-order valence-corrected chi connectivity index (χ0v) is 12.7. The standard InChI is InChI=1S/C14H28N2O3/c1-5-9-18-10-8-16-7-6-15-11-12(16)19-13(17)14(2,3)4/h12,15H,5-11H2,1-4H3. The minimum absolute atomic E-state index is 0.152. The van der Waals surface area contributed by atoms with Gasteiger partial charge in [-0.3, -0.25) is 9.69 Å². The lowest BCUT2D eigenvalue weighted by Crippen LogP contribution is -2.54. The molecule has 112 valence electrons. The largest absolute Gasteiger partial charge is 0.445 e. The zero-order chi connectivity index (χ0) is 14.3. The molecule has 5 nitrogen and oxygen atoms in total. The molecule has 1 fully saturated rings. The monoisotopic (exact) mass is 272 g/mol. The molecule has 5 heteroatoms. The SMILES string of the molecule is CCCOCCN1CCNCC1OC(=O)C(C)(C)C. The molecule has 1 atom stereocenters. The number of rotatable bonds is 6. The van der Waals surface area contributed by atoms with Crippen LogP contribution in [0.25, 0.3) is 0 Å². The van der Waals surface area contributed by atoms with Crippen molar-refractivity contribution in [2.75, 3.05) is 39.4 Å². The number of nitrogens with zero attached hydrogens (tertiary/aromatic N) is 1. The van der Waals surface area contributed by atoms with E-state index in [-0.39, 0.29) is 12.2 Å². The second-order valence-electron chi connectivity index (χ2n) is 5.96. The van der Waals surface area contributed by atoms with Gasteiger partial charge in [-0.25, -0.2) is 0 Å². The molecular weight excluding hydrogens is 244 g/mol. The second-order valence-corrected chi connectivity index (χ2v) is 5.96. The Morgan fingerprint density at radius 1 is 1.37 bits per heavy atom. The van der Waals surface area contributed by atoms with Crippen LogP contribution in [0, 0.1) is 5.41 Å². The molecule has 0 aliphatic carbocycles. The van der Waals surface area contributed by atoms with Gasteiger partial charge in [0.05, 0.1) is 12.0 Å². The minimum Gasteiger partial charge on any atom is -0.445 e. The minimum atomic E-state index is -0.457. The van der Waals surface area contributed by atoms with E-state index in [0.29, 0.717) is 13.2 Å². The van der Waals surface area contributed by atoms with E-state index in [1.807, 2.05) is 20.8 Å². The zero-order valence-electron chi connectivity index (χ0n) is 12.7. The topological polar surface area (TPSA) is 50.8 Å². The number of hydrogen-bond acceptors (Lipinski definition) is 5. The van der Waals surface area contributed by atoms with E-state index in [2.05, 4.69) is 17.1 Å². The summed E-state index contributed by atoms with van der Waals surface area (Å²) in [7, 11) is 0. The smallest absolute Gasteiger partial charge is 0.312 e. The molecule has 1 N–H and O–H groups in total. The Morgan fingerprint density at radius 3 is 2.74 bits per heavy atom. The summed E-state index contributed by atoms with van der Waals surface area (Å²) in [6.07, 6.45) is 0.856. The summed E-state index contributed by atoms with van der Waals surface area (Å²) in [6, 6.07) is 0. The first kappa shape index (κ1) is 16.4. The van der Waals surface area contributed by atoms with Crippen LogP contribution in [0.1, 0.15) is 34.1 Å². The molecule has 1 aliphatic heterocycles. The number of carbonyl (C=O) groups is 1. The summed E-state index contributed by atoms with van der Waals surface area (Å²) in [5.74, 6) is -0.152. The van der Waals surface area contributed by atoms with E-state index >= 15 is 0 Å². The van der Waals surface area contributed by atoms with Gasteiger partial charge in [0, 0.05) is 32.8 Å². The Kier molecular flexibility index (Phi) is 6.75. The number of carbonyl (C=O) groups excluding carboxylic acids is 1.